The molecule has 7 heteroatoms. The van der Waals surface area contributed by atoms with Gasteiger partial charge in [0.2, 0.25) is 6.79 Å². The van der Waals surface area contributed by atoms with Gasteiger partial charge in [0.1, 0.15) is 5.75 Å². The number of pyridine rings is 1. The van der Waals surface area contributed by atoms with Crippen LogP contribution in [0.2, 0.25) is 0 Å². The van der Waals surface area contributed by atoms with Crippen molar-refractivity contribution in [2.24, 2.45) is 5.92 Å². The van der Waals surface area contributed by atoms with Crippen LogP contribution in [0.15, 0.2) is 67.0 Å². The number of carboxylic acid groups (broad SMARTS) is 1. The number of carboxylic acids is 1. The third kappa shape index (κ3) is 3.76. The molecule has 0 aliphatic carbocycles. The Morgan fingerprint density at radius 2 is 1.91 bits per heavy atom. The number of rotatable bonds is 6. The van der Waals surface area contributed by atoms with Gasteiger partial charge in [-0.25, -0.2) is 0 Å². The fraction of sp³-hybridized carbons (Fsp3) is 0.280. The summed E-state index contributed by atoms with van der Waals surface area (Å²) >= 11 is 0. The molecule has 3 heterocycles. The average molecular weight is 432 g/mol. The second-order valence-electron chi connectivity index (χ2n) is 8.09. The number of hydrogen-bond acceptors (Lipinski definition) is 6. The van der Waals surface area contributed by atoms with Gasteiger partial charge in [0.25, 0.3) is 0 Å². The van der Waals surface area contributed by atoms with Crippen molar-refractivity contribution < 1.29 is 24.1 Å². The van der Waals surface area contributed by atoms with E-state index in [0.29, 0.717) is 24.6 Å². The van der Waals surface area contributed by atoms with Crippen molar-refractivity contribution in [3.8, 4) is 17.2 Å². The molecule has 3 aromatic rings. The molecule has 2 aliphatic rings. The second kappa shape index (κ2) is 8.51. The Balaban J connectivity index is 1.55. The van der Waals surface area contributed by atoms with Crippen molar-refractivity contribution in [2.45, 2.75) is 18.5 Å². The zero-order chi connectivity index (χ0) is 22.1. The van der Waals surface area contributed by atoms with Gasteiger partial charge in [-0.15, -0.1) is 0 Å². The summed E-state index contributed by atoms with van der Waals surface area (Å²) in [6.07, 6.45) is 3.57. The molecule has 1 aromatic heterocycles. The molecule has 1 fully saturated rings. The predicted molar refractivity (Wildman–Crippen MR) is 117 cm³/mol. The molecule has 0 saturated carbocycles. The van der Waals surface area contributed by atoms with E-state index in [4.69, 9.17) is 14.2 Å². The summed E-state index contributed by atoms with van der Waals surface area (Å²) < 4.78 is 16.3. The van der Waals surface area contributed by atoms with Gasteiger partial charge in [0.15, 0.2) is 11.5 Å². The van der Waals surface area contributed by atoms with Gasteiger partial charge in [0.05, 0.1) is 13.0 Å². The highest BCUT2D eigenvalue weighted by Crippen LogP contribution is 2.48. The predicted octanol–water partition coefficient (Wildman–Crippen LogP) is 3.86. The molecule has 3 unspecified atom stereocenters. The number of hydrogen-bond donors (Lipinski definition) is 1. The molecule has 3 atom stereocenters. The Labute approximate surface area is 186 Å². The molecule has 2 aromatic carbocycles. The summed E-state index contributed by atoms with van der Waals surface area (Å²) in [5.41, 5.74) is 2.93. The Kier molecular flexibility index (Phi) is 5.41. The van der Waals surface area contributed by atoms with Gasteiger partial charge in [0, 0.05) is 37.4 Å². The lowest BCUT2D eigenvalue weighted by Gasteiger charge is -2.27. The summed E-state index contributed by atoms with van der Waals surface area (Å²) in [5, 5.41) is 10.3. The highest BCUT2D eigenvalue weighted by Gasteiger charge is 2.47. The van der Waals surface area contributed by atoms with Crippen molar-refractivity contribution in [2.75, 3.05) is 20.4 Å². The highest BCUT2D eigenvalue weighted by atomic mass is 16.7. The number of benzene rings is 2. The van der Waals surface area contributed by atoms with Crippen LogP contribution in [0.5, 0.6) is 17.2 Å². The summed E-state index contributed by atoms with van der Waals surface area (Å²) in [7, 11) is 1.62. The Hall–Kier alpha value is -3.58. The fourth-order valence-electron chi connectivity index (χ4n) is 4.80. The van der Waals surface area contributed by atoms with E-state index in [1.807, 2.05) is 60.8 Å². The van der Waals surface area contributed by atoms with Crippen LogP contribution in [0.25, 0.3) is 0 Å². The molecule has 0 bridgehead atoms. The molecule has 0 amide bonds. The third-order valence-corrected chi connectivity index (χ3v) is 6.27. The van der Waals surface area contributed by atoms with Gasteiger partial charge >= 0.3 is 5.97 Å². The first-order chi connectivity index (χ1) is 15.6. The Bertz CT molecular complexity index is 1100. The smallest absolute Gasteiger partial charge is 0.309 e. The summed E-state index contributed by atoms with van der Waals surface area (Å²) in [6.45, 7) is 1.39. The standard InChI is InChI=1S/C25H24N2O5/c1-30-19-7-4-17(5-8-19)24-23(25(28)29)20(14-27(24)13-16-3-2-10-26-12-16)18-6-9-21-22(11-18)32-15-31-21/h2-12,20,23-24H,13-15H2,1H3,(H,28,29). The molecule has 7 nitrogen and oxygen atoms in total. The van der Waals surface area contributed by atoms with E-state index in [2.05, 4.69) is 9.88 Å². The molecule has 164 valence electrons. The normalized spacial score (nSPS) is 22.1. The molecular weight excluding hydrogens is 408 g/mol. The molecule has 1 N–H and O–H groups in total. The summed E-state index contributed by atoms with van der Waals surface area (Å²) in [5.74, 6) is 0.453. The number of ether oxygens (including phenoxy) is 3. The molecule has 0 spiro atoms. The number of fused-ring (bicyclic) bond motifs is 1. The van der Waals surface area contributed by atoms with Crippen LogP contribution < -0.4 is 14.2 Å². The van der Waals surface area contributed by atoms with E-state index >= 15 is 0 Å². The topological polar surface area (TPSA) is 81.1 Å². The van der Waals surface area contributed by atoms with Crippen LogP contribution in [-0.4, -0.2) is 41.4 Å². The first kappa shape index (κ1) is 20.3. The van der Waals surface area contributed by atoms with Crippen LogP contribution in [0.1, 0.15) is 28.7 Å². The quantitative estimate of drug-likeness (QED) is 0.633. The second-order valence-corrected chi connectivity index (χ2v) is 8.09. The highest BCUT2D eigenvalue weighted by molar-refractivity contribution is 5.74. The third-order valence-electron chi connectivity index (χ3n) is 6.27. The minimum atomic E-state index is -0.817. The molecule has 1 saturated heterocycles. The SMILES string of the molecule is COc1ccc(C2C(C(=O)O)C(c3ccc4c(c3)OCO4)CN2Cc2cccnc2)cc1. The lowest BCUT2D eigenvalue weighted by molar-refractivity contribution is -0.143. The van der Waals surface area contributed by atoms with Gasteiger partial charge in [-0.2, -0.15) is 0 Å². The van der Waals surface area contributed by atoms with E-state index in [9.17, 15) is 9.90 Å². The van der Waals surface area contributed by atoms with E-state index in [1.54, 1.807) is 13.3 Å². The monoisotopic (exact) mass is 432 g/mol. The maximum Gasteiger partial charge on any atom is 0.309 e. The van der Waals surface area contributed by atoms with E-state index < -0.39 is 11.9 Å². The fourth-order valence-corrected chi connectivity index (χ4v) is 4.80. The van der Waals surface area contributed by atoms with Crippen LogP contribution in [-0.2, 0) is 11.3 Å². The lowest BCUT2D eigenvalue weighted by atomic mass is 9.82. The zero-order valence-electron chi connectivity index (χ0n) is 17.7. The maximum absolute atomic E-state index is 12.6. The zero-order valence-corrected chi connectivity index (χ0v) is 17.7. The molecule has 0 radical (unpaired) electrons. The summed E-state index contributed by atoms with van der Waals surface area (Å²) in [4.78, 5) is 19.1. The number of nitrogens with zero attached hydrogens (tertiary/aromatic N) is 2. The van der Waals surface area contributed by atoms with Gasteiger partial charge < -0.3 is 19.3 Å². The maximum atomic E-state index is 12.6. The number of aliphatic carboxylic acids is 1. The van der Waals surface area contributed by atoms with E-state index in [1.165, 1.54) is 0 Å². The average Bonchev–Trinajstić information content (AvgIpc) is 3.44. The summed E-state index contributed by atoms with van der Waals surface area (Å²) in [6, 6.07) is 17.0. The first-order valence-electron chi connectivity index (χ1n) is 10.5. The van der Waals surface area contributed by atoms with Crippen LogP contribution in [0.3, 0.4) is 0 Å². The van der Waals surface area contributed by atoms with Crippen molar-refractivity contribution in [1.29, 1.82) is 0 Å². The molecule has 5 rings (SSSR count). The molecular formula is C25H24N2O5. The number of aromatic nitrogens is 1. The Morgan fingerprint density at radius 1 is 1.12 bits per heavy atom. The largest absolute Gasteiger partial charge is 0.497 e. The minimum absolute atomic E-state index is 0.188. The number of methoxy groups -OCH3 is 1. The number of likely N-dealkylation sites (tertiary alicyclic amines) is 1. The molecule has 32 heavy (non-hydrogen) atoms. The number of carbonyl (C=O) groups is 1. The van der Waals surface area contributed by atoms with Crippen LogP contribution in [0, 0.1) is 5.92 Å². The van der Waals surface area contributed by atoms with Crippen molar-refractivity contribution >= 4 is 5.97 Å². The van der Waals surface area contributed by atoms with Crippen LogP contribution in [0.4, 0.5) is 0 Å². The minimum Gasteiger partial charge on any atom is -0.497 e. The van der Waals surface area contributed by atoms with Crippen molar-refractivity contribution in [3.05, 3.63) is 83.7 Å². The van der Waals surface area contributed by atoms with E-state index in [-0.39, 0.29) is 18.8 Å². The van der Waals surface area contributed by atoms with Crippen molar-refractivity contribution in [3.63, 3.8) is 0 Å². The van der Waals surface area contributed by atoms with Crippen molar-refractivity contribution in [1.82, 2.24) is 9.88 Å². The van der Waals surface area contributed by atoms with Gasteiger partial charge in [-0.1, -0.05) is 24.3 Å². The van der Waals surface area contributed by atoms with Gasteiger partial charge in [-0.05, 0) is 47.0 Å². The first-order valence-corrected chi connectivity index (χ1v) is 10.5. The molecule has 2 aliphatic heterocycles. The van der Waals surface area contributed by atoms with Gasteiger partial charge in [-0.3, -0.25) is 14.7 Å². The lowest BCUT2D eigenvalue weighted by Crippen LogP contribution is -2.28. The van der Waals surface area contributed by atoms with Crippen LogP contribution >= 0.6 is 0 Å². The Morgan fingerprint density at radius 3 is 2.62 bits per heavy atom. The van der Waals surface area contributed by atoms with E-state index in [0.717, 1.165) is 22.4 Å².